The first-order chi connectivity index (χ1) is 9.47. The van der Waals surface area contributed by atoms with Crippen LogP contribution in [0.4, 0.5) is 0 Å². The van der Waals surface area contributed by atoms with Crippen LogP contribution in [0.2, 0.25) is 0 Å². The van der Waals surface area contributed by atoms with Gasteiger partial charge in [-0.2, -0.15) is 0 Å². The van der Waals surface area contributed by atoms with E-state index in [0.717, 1.165) is 39.0 Å². The number of carbonyl (C=O) groups is 1. The normalized spacial score (nSPS) is 35.5. The summed E-state index contributed by atoms with van der Waals surface area (Å²) in [7, 11) is 1.48. The molecule has 1 heterocycles. The molecule has 0 aromatic rings. The summed E-state index contributed by atoms with van der Waals surface area (Å²) < 4.78 is 10.7. The average molecular weight is 284 g/mol. The van der Waals surface area contributed by atoms with Crippen LogP contribution in [0.1, 0.15) is 40.0 Å². The third kappa shape index (κ3) is 3.32. The Morgan fingerprint density at radius 2 is 2.25 bits per heavy atom. The minimum atomic E-state index is -0.505. The van der Waals surface area contributed by atoms with E-state index in [1.807, 2.05) is 0 Å². The van der Waals surface area contributed by atoms with Gasteiger partial charge >= 0.3 is 5.97 Å². The van der Waals surface area contributed by atoms with Crippen molar-refractivity contribution in [3.8, 4) is 0 Å². The van der Waals surface area contributed by atoms with E-state index in [1.54, 1.807) is 0 Å². The van der Waals surface area contributed by atoms with Gasteiger partial charge in [0.1, 0.15) is 5.54 Å². The highest BCUT2D eigenvalue weighted by Crippen LogP contribution is 2.35. The van der Waals surface area contributed by atoms with Crippen molar-refractivity contribution in [3.05, 3.63) is 0 Å². The number of hydrogen-bond acceptors (Lipinski definition) is 5. The number of carbonyl (C=O) groups excluding carboxylic acids is 1. The van der Waals surface area contributed by atoms with E-state index in [2.05, 4.69) is 31.0 Å². The van der Waals surface area contributed by atoms with Gasteiger partial charge < -0.3 is 9.47 Å². The standard InChI is InChI=1S/C15H28N2O3/c1-11(2)16-15(14(18)19-4)6-5-13(9-15)17-7-8-20-12(3)10-17/h11-13,16H,5-10H2,1-4H3. The number of ether oxygens (including phenoxy) is 2. The van der Waals surface area contributed by atoms with Crippen molar-refractivity contribution in [2.75, 3.05) is 26.8 Å². The van der Waals surface area contributed by atoms with Crippen LogP contribution < -0.4 is 5.32 Å². The van der Waals surface area contributed by atoms with E-state index in [4.69, 9.17) is 9.47 Å². The molecule has 1 saturated heterocycles. The molecule has 1 aliphatic carbocycles. The molecule has 5 nitrogen and oxygen atoms in total. The lowest BCUT2D eigenvalue weighted by molar-refractivity contribution is -0.149. The molecule has 0 aromatic heterocycles. The molecule has 1 aliphatic heterocycles. The summed E-state index contributed by atoms with van der Waals surface area (Å²) in [4.78, 5) is 14.7. The molecule has 2 fully saturated rings. The number of nitrogens with one attached hydrogen (secondary N) is 1. The topological polar surface area (TPSA) is 50.8 Å². The fourth-order valence-electron chi connectivity index (χ4n) is 3.63. The van der Waals surface area contributed by atoms with Gasteiger partial charge in [-0.3, -0.25) is 15.0 Å². The second-order valence-electron chi connectivity index (χ2n) is 6.45. The Morgan fingerprint density at radius 3 is 2.85 bits per heavy atom. The molecule has 0 bridgehead atoms. The van der Waals surface area contributed by atoms with Crippen LogP contribution in [0.15, 0.2) is 0 Å². The highest BCUT2D eigenvalue weighted by molar-refractivity contribution is 5.81. The van der Waals surface area contributed by atoms with Gasteiger partial charge in [-0.05, 0) is 40.0 Å². The summed E-state index contributed by atoms with van der Waals surface area (Å²) in [6.45, 7) is 8.99. The largest absolute Gasteiger partial charge is 0.468 e. The van der Waals surface area contributed by atoms with Crippen LogP contribution in [0.5, 0.6) is 0 Å². The van der Waals surface area contributed by atoms with Gasteiger partial charge in [-0.25, -0.2) is 0 Å². The highest BCUT2D eigenvalue weighted by atomic mass is 16.5. The molecule has 2 rings (SSSR count). The Bertz CT molecular complexity index is 348. The summed E-state index contributed by atoms with van der Waals surface area (Å²) in [6.07, 6.45) is 3.02. The van der Waals surface area contributed by atoms with E-state index in [-0.39, 0.29) is 18.1 Å². The monoisotopic (exact) mass is 284 g/mol. The van der Waals surface area contributed by atoms with E-state index in [0.29, 0.717) is 6.04 Å². The predicted molar refractivity (Wildman–Crippen MR) is 77.6 cm³/mol. The summed E-state index contributed by atoms with van der Waals surface area (Å²) in [6, 6.07) is 0.725. The second-order valence-corrected chi connectivity index (χ2v) is 6.45. The molecule has 0 spiro atoms. The zero-order valence-corrected chi connectivity index (χ0v) is 13.1. The van der Waals surface area contributed by atoms with Crippen molar-refractivity contribution in [2.24, 2.45) is 0 Å². The van der Waals surface area contributed by atoms with Gasteiger partial charge in [0.05, 0.1) is 19.8 Å². The Labute approximate surface area is 122 Å². The molecular formula is C15H28N2O3. The fourth-order valence-corrected chi connectivity index (χ4v) is 3.63. The minimum Gasteiger partial charge on any atom is -0.468 e. The lowest BCUT2D eigenvalue weighted by Gasteiger charge is -2.37. The molecular weight excluding hydrogens is 256 g/mol. The van der Waals surface area contributed by atoms with Gasteiger partial charge in [-0.1, -0.05) is 0 Å². The molecule has 2 aliphatic rings. The summed E-state index contributed by atoms with van der Waals surface area (Å²) in [5.74, 6) is -0.116. The molecule has 1 N–H and O–H groups in total. The Hall–Kier alpha value is -0.650. The van der Waals surface area contributed by atoms with Crippen molar-refractivity contribution in [2.45, 2.75) is 63.8 Å². The number of esters is 1. The summed E-state index contributed by atoms with van der Waals surface area (Å²) in [5, 5.41) is 3.45. The maximum Gasteiger partial charge on any atom is 0.326 e. The van der Waals surface area contributed by atoms with E-state index >= 15 is 0 Å². The Balaban J connectivity index is 2.04. The summed E-state index contributed by atoms with van der Waals surface area (Å²) in [5.41, 5.74) is -0.505. The van der Waals surface area contributed by atoms with Crippen LogP contribution >= 0.6 is 0 Å². The van der Waals surface area contributed by atoms with Crippen LogP contribution in [0.25, 0.3) is 0 Å². The Morgan fingerprint density at radius 1 is 1.50 bits per heavy atom. The van der Waals surface area contributed by atoms with Gasteiger partial charge in [0.15, 0.2) is 0 Å². The second kappa shape index (κ2) is 6.41. The molecule has 1 saturated carbocycles. The summed E-state index contributed by atoms with van der Waals surface area (Å²) >= 11 is 0. The molecule has 3 unspecified atom stereocenters. The Kier molecular flexibility index (Phi) is 5.04. The maximum absolute atomic E-state index is 12.2. The SMILES string of the molecule is COC(=O)C1(NC(C)C)CCC(N2CCOC(C)C2)C1. The quantitative estimate of drug-likeness (QED) is 0.785. The predicted octanol–water partition coefficient (Wildman–Crippen LogP) is 1.17. The van der Waals surface area contributed by atoms with Gasteiger partial charge in [0.25, 0.3) is 0 Å². The highest BCUT2D eigenvalue weighted by Gasteiger charge is 2.48. The van der Waals surface area contributed by atoms with Crippen LogP contribution in [0.3, 0.4) is 0 Å². The van der Waals surface area contributed by atoms with Gasteiger partial charge in [0.2, 0.25) is 0 Å². The molecule has 116 valence electrons. The fraction of sp³-hybridized carbons (Fsp3) is 0.933. The van der Waals surface area contributed by atoms with Crippen molar-refractivity contribution >= 4 is 5.97 Å². The number of methoxy groups -OCH3 is 1. The number of morpholine rings is 1. The van der Waals surface area contributed by atoms with E-state index in [1.165, 1.54) is 7.11 Å². The third-order valence-corrected chi connectivity index (χ3v) is 4.42. The molecule has 0 radical (unpaired) electrons. The minimum absolute atomic E-state index is 0.116. The molecule has 20 heavy (non-hydrogen) atoms. The van der Waals surface area contributed by atoms with Crippen LogP contribution in [0, 0.1) is 0 Å². The van der Waals surface area contributed by atoms with Crippen molar-refractivity contribution in [1.29, 1.82) is 0 Å². The third-order valence-electron chi connectivity index (χ3n) is 4.42. The van der Waals surface area contributed by atoms with E-state index in [9.17, 15) is 4.79 Å². The molecule has 0 amide bonds. The number of rotatable bonds is 4. The molecule has 3 atom stereocenters. The lowest BCUT2D eigenvalue weighted by atomic mass is 9.96. The van der Waals surface area contributed by atoms with Crippen molar-refractivity contribution in [3.63, 3.8) is 0 Å². The van der Waals surface area contributed by atoms with Gasteiger partial charge in [-0.15, -0.1) is 0 Å². The first-order valence-corrected chi connectivity index (χ1v) is 7.68. The number of hydrogen-bond donors (Lipinski definition) is 1. The molecule has 0 aromatic carbocycles. The van der Waals surface area contributed by atoms with Crippen molar-refractivity contribution < 1.29 is 14.3 Å². The van der Waals surface area contributed by atoms with E-state index < -0.39 is 5.54 Å². The molecule has 5 heteroatoms. The zero-order chi connectivity index (χ0) is 14.8. The lowest BCUT2D eigenvalue weighted by Crippen LogP contribution is -2.55. The van der Waals surface area contributed by atoms with Gasteiger partial charge in [0, 0.05) is 25.2 Å². The van der Waals surface area contributed by atoms with Crippen LogP contribution in [-0.4, -0.2) is 61.4 Å². The average Bonchev–Trinajstić information content (AvgIpc) is 2.82. The number of nitrogens with zero attached hydrogens (tertiary/aromatic N) is 1. The van der Waals surface area contributed by atoms with Crippen molar-refractivity contribution in [1.82, 2.24) is 10.2 Å². The van der Waals surface area contributed by atoms with Crippen LogP contribution in [-0.2, 0) is 14.3 Å². The maximum atomic E-state index is 12.2. The zero-order valence-electron chi connectivity index (χ0n) is 13.1. The first-order valence-electron chi connectivity index (χ1n) is 7.68. The smallest absolute Gasteiger partial charge is 0.326 e. The first kappa shape index (κ1) is 15.7.